The molecule has 3 N–H and O–H groups in total. The first kappa shape index (κ1) is 11.7. The van der Waals surface area contributed by atoms with Crippen molar-refractivity contribution in [2.24, 2.45) is 0 Å². The van der Waals surface area contributed by atoms with Crippen molar-refractivity contribution in [2.75, 3.05) is 17.8 Å². The van der Waals surface area contributed by atoms with E-state index in [2.05, 4.69) is 11.4 Å². The molecule has 0 atom stereocenters. The van der Waals surface area contributed by atoms with Crippen molar-refractivity contribution in [3.63, 3.8) is 0 Å². The quantitative estimate of drug-likeness (QED) is 0.829. The highest BCUT2D eigenvalue weighted by Crippen LogP contribution is 2.38. The summed E-state index contributed by atoms with van der Waals surface area (Å²) in [6.07, 6.45) is 0. The third kappa shape index (κ3) is 2.42. The molecule has 0 bridgehead atoms. The van der Waals surface area contributed by atoms with Crippen molar-refractivity contribution in [1.29, 1.82) is 0 Å². The lowest BCUT2D eigenvalue weighted by atomic mass is 10.1. The van der Waals surface area contributed by atoms with Crippen molar-refractivity contribution >= 4 is 11.4 Å². The van der Waals surface area contributed by atoms with Gasteiger partial charge in [-0.2, -0.15) is 0 Å². The molecule has 0 radical (unpaired) electrons. The minimum atomic E-state index is 0.303. The largest absolute Gasteiger partial charge is 0.454 e. The van der Waals surface area contributed by atoms with E-state index < -0.39 is 0 Å². The van der Waals surface area contributed by atoms with Crippen LogP contribution in [-0.4, -0.2) is 6.79 Å². The number of ether oxygens (including phenoxy) is 2. The highest BCUT2D eigenvalue weighted by molar-refractivity contribution is 5.60. The van der Waals surface area contributed by atoms with Crippen LogP contribution in [0.3, 0.4) is 0 Å². The van der Waals surface area contributed by atoms with Crippen molar-refractivity contribution < 1.29 is 9.47 Å². The molecule has 0 aromatic heterocycles. The summed E-state index contributed by atoms with van der Waals surface area (Å²) in [5, 5.41) is 3.37. The first-order valence-electron chi connectivity index (χ1n) is 6.21. The van der Waals surface area contributed by atoms with E-state index in [1.807, 2.05) is 37.3 Å². The molecule has 0 amide bonds. The number of hydrogen-bond donors (Lipinski definition) is 2. The van der Waals surface area contributed by atoms with E-state index in [1.165, 1.54) is 5.56 Å². The molecule has 1 aliphatic rings. The smallest absolute Gasteiger partial charge is 0.231 e. The van der Waals surface area contributed by atoms with Crippen molar-refractivity contribution in [3.8, 4) is 11.5 Å². The van der Waals surface area contributed by atoms with Gasteiger partial charge in [-0.15, -0.1) is 0 Å². The van der Waals surface area contributed by atoms with Gasteiger partial charge in [0, 0.05) is 24.0 Å². The van der Waals surface area contributed by atoms with E-state index in [1.54, 1.807) is 0 Å². The number of nitrogens with one attached hydrogen (secondary N) is 1. The highest BCUT2D eigenvalue weighted by Gasteiger charge is 2.16. The van der Waals surface area contributed by atoms with E-state index in [0.717, 1.165) is 35.0 Å². The molecule has 1 aliphatic heterocycles. The molecule has 0 saturated heterocycles. The third-order valence-corrected chi connectivity index (χ3v) is 3.13. The summed E-state index contributed by atoms with van der Waals surface area (Å²) in [7, 11) is 0. The molecule has 2 aromatic carbocycles. The van der Waals surface area contributed by atoms with Gasteiger partial charge in [0.15, 0.2) is 11.5 Å². The van der Waals surface area contributed by atoms with Gasteiger partial charge in [0.05, 0.1) is 0 Å². The predicted octanol–water partition coefficient (Wildman–Crippen LogP) is 2.92. The molecular formula is C15H16N2O2. The van der Waals surface area contributed by atoms with Gasteiger partial charge in [0.2, 0.25) is 6.79 Å². The lowest BCUT2D eigenvalue weighted by Crippen LogP contribution is -2.00. The summed E-state index contributed by atoms with van der Waals surface area (Å²) in [5.41, 5.74) is 9.73. The number of hydrogen-bond acceptors (Lipinski definition) is 4. The maximum atomic E-state index is 5.66. The Hall–Kier alpha value is -2.36. The van der Waals surface area contributed by atoms with E-state index in [9.17, 15) is 0 Å². The molecule has 0 spiro atoms. The Kier molecular flexibility index (Phi) is 2.91. The summed E-state index contributed by atoms with van der Waals surface area (Å²) < 4.78 is 10.8. The van der Waals surface area contributed by atoms with Crippen molar-refractivity contribution in [2.45, 2.75) is 13.5 Å². The molecule has 0 unspecified atom stereocenters. The number of fused-ring (bicyclic) bond motifs is 1. The summed E-state index contributed by atoms with van der Waals surface area (Å²) in [5.74, 6) is 1.65. The van der Waals surface area contributed by atoms with Gasteiger partial charge in [0.1, 0.15) is 0 Å². The van der Waals surface area contributed by atoms with Gasteiger partial charge in [-0.05, 0) is 36.2 Å². The monoisotopic (exact) mass is 256 g/mol. The molecule has 0 fully saturated rings. The Morgan fingerprint density at radius 1 is 1.16 bits per heavy atom. The first-order valence-corrected chi connectivity index (χ1v) is 6.21. The average molecular weight is 256 g/mol. The van der Waals surface area contributed by atoms with Crippen LogP contribution >= 0.6 is 0 Å². The van der Waals surface area contributed by atoms with Crippen LogP contribution in [0.2, 0.25) is 0 Å². The zero-order valence-electron chi connectivity index (χ0n) is 10.8. The van der Waals surface area contributed by atoms with E-state index in [4.69, 9.17) is 15.2 Å². The topological polar surface area (TPSA) is 56.5 Å². The Balaban J connectivity index is 1.73. The Labute approximate surface area is 112 Å². The van der Waals surface area contributed by atoms with Crippen LogP contribution in [0.5, 0.6) is 11.5 Å². The Morgan fingerprint density at radius 3 is 2.74 bits per heavy atom. The van der Waals surface area contributed by atoms with Gasteiger partial charge < -0.3 is 20.5 Å². The van der Waals surface area contributed by atoms with Crippen molar-refractivity contribution in [1.82, 2.24) is 0 Å². The molecule has 4 heteroatoms. The van der Waals surface area contributed by atoms with Gasteiger partial charge in [-0.1, -0.05) is 12.1 Å². The highest BCUT2D eigenvalue weighted by atomic mass is 16.7. The fourth-order valence-electron chi connectivity index (χ4n) is 2.13. The standard InChI is InChI=1S/C15H16N2O2/c1-10-6-13(7-14-15(10)19-9-18-14)17-8-11-2-4-12(16)5-3-11/h2-7,17H,8-9,16H2,1H3. The van der Waals surface area contributed by atoms with E-state index >= 15 is 0 Å². The number of nitrogen functional groups attached to an aromatic ring is 1. The molecule has 2 aromatic rings. The lowest BCUT2D eigenvalue weighted by Gasteiger charge is -2.09. The summed E-state index contributed by atoms with van der Waals surface area (Å²) in [6, 6.07) is 11.9. The average Bonchev–Trinajstić information content (AvgIpc) is 2.87. The fourth-order valence-corrected chi connectivity index (χ4v) is 2.13. The van der Waals surface area contributed by atoms with Crippen LogP contribution in [0.25, 0.3) is 0 Å². The second kappa shape index (κ2) is 4.72. The maximum absolute atomic E-state index is 5.66. The number of benzene rings is 2. The SMILES string of the molecule is Cc1cc(NCc2ccc(N)cc2)cc2c1OCO2. The second-order valence-electron chi connectivity index (χ2n) is 4.62. The molecule has 0 saturated carbocycles. The zero-order valence-corrected chi connectivity index (χ0v) is 10.8. The van der Waals surface area contributed by atoms with Gasteiger partial charge in [0.25, 0.3) is 0 Å². The van der Waals surface area contributed by atoms with Crippen LogP contribution in [-0.2, 0) is 6.54 Å². The third-order valence-electron chi connectivity index (χ3n) is 3.13. The molecular weight excluding hydrogens is 240 g/mol. The van der Waals surface area contributed by atoms with Gasteiger partial charge >= 0.3 is 0 Å². The minimum absolute atomic E-state index is 0.303. The minimum Gasteiger partial charge on any atom is -0.454 e. The Bertz CT molecular complexity index is 594. The summed E-state index contributed by atoms with van der Waals surface area (Å²) >= 11 is 0. The van der Waals surface area contributed by atoms with Crippen LogP contribution < -0.4 is 20.5 Å². The Morgan fingerprint density at radius 2 is 1.95 bits per heavy atom. The molecule has 3 rings (SSSR count). The number of aryl methyl sites for hydroxylation is 1. The van der Waals surface area contributed by atoms with Gasteiger partial charge in [-0.25, -0.2) is 0 Å². The first-order chi connectivity index (χ1) is 9.22. The second-order valence-corrected chi connectivity index (χ2v) is 4.62. The van der Waals surface area contributed by atoms with Crippen LogP contribution in [0.15, 0.2) is 36.4 Å². The zero-order chi connectivity index (χ0) is 13.2. The van der Waals surface area contributed by atoms with Crippen LogP contribution in [0, 0.1) is 6.92 Å². The molecule has 4 nitrogen and oxygen atoms in total. The maximum Gasteiger partial charge on any atom is 0.231 e. The summed E-state index contributed by atoms with van der Waals surface area (Å²) in [6.45, 7) is 3.07. The van der Waals surface area contributed by atoms with Gasteiger partial charge in [-0.3, -0.25) is 0 Å². The number of anilines is 2. The normalized spacial score (nSPS) is 12.5. The van der Waals surface area contributed by atoms with Crippen LogP contribution in [0.1, 0.15) is 11.1 Å². The van der Waals surface area contributed by atoms with Crippen LogP contribution in [0.4, 0.5) is 11.4 Å². The number of nitrogens with two attached hydrogens (primary N) is 1. The van der Waals surface area contributed by atoms with E-state index in [0.29, 0.717) is 6.79 Å². The van der Waals surface area contributed by atoms with E-state index in [-0.39, 0.29) is 0 Å². The molecule has 1 heterocycles. The number of rotatable bonds is 3. The predicted molar refractivity (Wildman–Crippen MR) is 75.5 cm³/mol. The molecule has 0 aliphatic carbocycles. The van der Waals surface area contributed by atoms with Crippen molar-refractivity contribution in [3.05, 3.63) is 47.5 Å². The lowest BCUT2D eigenvalue weighted by molar-refractivity contribution is 0.173. The molecule has 19 heavy (non-hydrogen) atoms. The summed E-state index contributed by atoms with van der Waals surface area (Å²) in [4.78, 5) is 0. The molecule has 98 valence electrons. The fraction of sp³-hybridized carbons (Fsp3) is 0.200.